The van der Waals surface area contributed by atoms with Gasteiger partial charge in [-0.3, -0.25) is 4.79 Å². The molecule has 2 N–H and O–H groups in total. The highest BCUT2D eigenvalue weighted by Gasteiger charge is 2.31. The second kappa shape index (κ2) is 10.4. The fourth-order valence-electron chi connectivity index (χ4n) is 3.60. The van der Waals surface area contributed by atoms with Crippen LogP contribution in [-0.2, 0) is 21.2 Å². The minimum absolute atomic E-state index is 0. The first-order valence-electron chi connectivity index (χ1n) is 9.42. The zero-order chi connectivity index (χ0) is 19.3. The molecule has 8 heteroatoms. The predicted molar refractivity (Wildman–Crippen MR) is 110 cm³/mol. The molecule has 154 valence electrons. The topological polar surface area (TPSA) is 83.7 Å². The Balaban J connectivity index is 0.00000364. The summed E-state index contributed by atoms with van der Waals surface area (Å²) in [4.78, 5) is 14.7. The van der Waals surface area contributed by atoms with Gasteiger partial charge in [-0.1, -0.05) is 26.0 Å². The van der Waals surface area contributed by atoms with Crippen LogP contribution in [0.1, 0.15) is 39.2 Å². The lowest BCUT2D eigenvalue weighted by Crippen LogP contribution is -2.34. The summed E-state index contributed by atoms with van der Waals surface area (Å²) in [6, 6.07) is 7.13. The van der Waals surface area contributed by atoms with E-state index < -0.39 is 10.0 Å². The van der Waals surface area contributed by atoms with Crippen LogP contribution in [0.5, 0.6) is 0 Å². The van der Waals surface area contributed by atoms with Crippen LogP contribution in [0.4, 0.5) is 0 Å². The first-order chi connectivity index (χ1) is 12.3. The van der Waals surface area contributed by atoms with Crippen molar-refractivity contribution < 1.29 is 13.2 Å². The summed E-state index contributed by atoms with van der Waals surface area (Å²) < 4.78 is 26.4. The van der Waals surface area contributed by atoms with Gasteiger partial charge in [0.2, 0.25) is 15.9 Å². The Labute approximate surface area is 169 Å². The molecule has 1 aromatic rings. The maximum absolute atomic E-state index is 12.5. The zero-order valence-electron chi connectivity index (χ0n) is 16.4. The van der Waals surface area contributed by atoms with Gasteiger partial charge in [0.05, 0.1) is 4.90 Å². The summed E-state index contributed by atoms with van der Waals surface area (Å²) in [5.41, 5.74) is 6.69. The largest absolute Gasteiger partial charge is 0.340 e. The lowest BCUT2D eigenvalue weighted by molar-refractivity contribution is -0.131. The average Bonchev–Trinajstić information content (AvgIpc) is 3.02. The molecule has 0 aromatic heterocycles. The summed E-state index contributed by atoms with van der Waals surface area (Å²) in [5.74, 6) is 0.548. The number of benzene rings is 1. The van der Waals surface area contributed by atoms with Crippen LogP contribution < -0.4 is 5.73 Å². The van der Waals surface area contributed by atoms with Gasteiger partial charge in [-0.05, 0) is 49.9 Å². The summed E-state index contributed by atoms with van der Waals surface area (Å²) >= 11 is 0. The van der Waals surface area contributed by atoms with Crippen molar-refractivity contribution in [3.63, 3.8) is 0 Å². The summed E-state index contributed by atoms with van der Waals surface area (Å²) in [6.07, 6.45) is 2.02. The molecule has 6 nitrogen and oxygen atoms in total. The Morgan fingerprint density at radius 3 is 2.30 bits per heavy atom. The number of rotatable bonds is 8. The molecule has 1 aromatic carbocycles. The van der Waals surface area contributed by atoms with Crippen LogP contribution >= 0.6 is 12.4 Å². The second-order valence-corrected chi connectivity index (χ2v) is 8.90. The number of halogens is 1. The summed E-state index contributed by atoms with van der Waals surface area (Å²) in [7, 11) is -3.43. The lowest BCUT2D eigenvalue weighted by atomic mass is 10.1. The number of nitrogens with two attached hydrogens (primary N) is 1. The van der Waals surface area contributed by atoms with Crippen molar-refractivity contribution in [2.24, 2.45) is 11.7 Å². The number of nitrogens with zero attached hydrogens (tertiary/aromatic N) is 2. The monoisotopic (exact) mass is 417 g/mol. The number of aryl methyl sites for hydroxylation is 1. The molecule has 2 rings (SSSR count). The first kappa shape index (κ1) is 23.9. The average molecular weight is 418 g/mol. The van der Waals surface area contributed by atoms with Gasteiger partial charge in [0.1, 0.15) is 0 Å². The number of likely N-dealkylation sites (tertiary alicyclic amines) is 1. The van der Waals surface area contributed by atoms with Crippen molar-refractivity contribution in [1.29, 1.82) is 0 Å². The molecule has 1 saturated heterocycles. The van der Waals surface area contributed by atoms with E-state index in [2.05, 4.69) is 6.92 Å². The van der Waals surface area contributed by atoms with Crippen molar-refractivity contribution >= 4 is 28.3 Å². The van der Waals surface area contributed by atoms with E-state index in [-0.39, 0.29) is 24.4 Å². The van der Waals surface area contributed by atoms with Gasteiger partial charge in [0.25, 0.3) is 0 Å². The van der Waals surface area contributed by atoms with Gasteiger partial charge in [-0.25, -0.2) is 8.42 Å². The van der Waals surface area contributed by atoms with Crippen molar-refractivity contribution in [3.05, 3.63) is 29.8 Å². The zero-order valence-corrected chi connectivity index (χ0v) is 18.1. The Kier molecular flexibility index (Phi) is 9.21. The minimum Gasteiger partial charge on any atom is -0.340 e. The van der Waals surface area contributed by atoms with Gasteiger partial charge in [-0.2, -0.15) is 4.31 Å². The molecule has 27 heavy (non-hydrogen) atoms. The number of hydrogen-bond acceptors (Lipinski definition) is 4. The van der Waals surface area contributed by atoms with Crippen molar-refractivity contribution in [1.82, 2.24) is 9.21 Å². The molecule has 0 bridgehead atoms. The van der Waals surface area contributed by atoms with E-state index in [0.717, 1.165) is 18.5 Å². The van der Waals surface area contributed by atoms with E-state index >= 15 is 0 Å². The van der Waals surface area contributed by atoms with Gasteiger partial charge >= 0.3 is 0 Å². The molecular formula is C19H32ClN3O3S. The van der Waals surface area contributed by atoms with E-state index in [1.54, 1.807) is 24.3 Å². The molecule has 1 aliphatic heterocycles. The Bertz CT molecular complexity index is 705. The van der Waals surface area contributed by atoms with Crippen LogP contribution in [0, 0.1) is 5.92 Å². The van der Waals surface area contributed by atoms with Crippen LogP contribution in [-0.4, -0.2) is 55.8 Å². The van der Waals surface area contributed by atoms with Gasteiger partial charge in [0, 0.05) is 32.1 Å². The molecule has 0 aliphatic carbocycles. The third-order valence-electron chi connectivity index (χ3n) is 5.21. The molecule has 1 heterocycles. The number of hydrogen-bond donors (Lipinski definition) is 1. The SMILES string of the molecule is CCN(CC)S(=O)(=O)c1ccc(CCC(=O)N2CC(CN)CC2C)cc1.Cl. The van der Waals surface area contributed by atoms with E-state index in [9.17, 15) is 13.2 Å². The van der Waals surface area contributed by atoms with E-state index in [1.165, 1.54) is 4.31 Å². The van der Waals surface area contributed by atoms with E-state index in [1.807, 2.05) is 18.7 Å². The normalized spacial score (nSPS) is 20.0. The lowest BCUT2D eigenvalue weighted by Gasteiger charge is -2.21. The fourth-order valence-corrected chi connectivity index (χ4v) is 5.05. The number of amides is 1. The van der Waals surface area contributed by atoms with Crippen LogP contribution in [0.15, 0.2) is 29.2 Å². The number of carbonyl (C=O) groups excluding carboxylic acids is 1. The maximum Gasteiger partial charge on any atom is 0.243 e. The summed E-state index contributed by atoms with van der Waals surface area (Å²) in [6.45, 7) is 8.00. The first-order valence-corrected chi connectivity index (χ1v) is 10.9. The Morgan fingerprint density at radius 2 is 1.81 bits per heavy atom. The van der Waals surface area contributed by atoms with Gasteiger partial charge in [0.15, 0.2) is 0 Å². The molecule has 0 radical (unpaired) electrons. The van der Waals surface area contributed by atoms with Crippen LogP contribution in [0.2, 0.25) is 0 Å². The second-order valence-electron chi connectivity index (χ2n) is 6.97. The third kappa shape index (κ3) is 5.67. The number of sulfonamides is 1. The van der Waals surface area contributed by atoms with Crippen molar-refractivity contribution in [2.75, 3.05) is 26.2 Å². The molecule has 2 unspecified atom stereocenters. The predicted octanol–water partition coefficient (Wildman–Crippen LogP) is 2.27. The highest BCUT2D eigenvalue weighted by Crippen LogP contribution is 2.23. The molecule has 2 atom stereocenters. The fraction of sp³-hybridized carbons (Fsp3) is 0.632. The quantitative estimate of drug-likeness (QED) is 0.703. The smallest absolute Gasteiger partial charge is 0.243 e. The Morgan fingerprint density at radius 1 is 1.22 bits per heavy atom. The molecule has 1 aliphatic rings. The third-order valence-corrected chi connectivity index (χ3v) is 7.27. The molecule has 1 amide bonds. The standard InChI is InChI=1S/C19H31N3O3S.ClH/c1-4-21(5-2)26(24,25)18-9-6-16(7-10-18)8-11-19(23)22-14-17(13-20)12-15(22)3;/h6-7,9-10,15,17H,4-5,8,11-14,20H2,1-3H3;1H. The van der Waals surface area contributed by atoms with Crippen LogP contribution in [0.25, 0.3) is 0 Å². The van der Waals surface area contributed by atoms with Crippen LogP contribution in [0.3, 0.4) is 0 Å². The van der Waals surface area contributed by atoms with E-state index in [0.29, 0.717) is 43.3 Å². The van der Waals surface area contributed by atoms with Crippen molar-refractivity contribution in [2.45, 2.75) is 51.0 Å². The van der Waals surface area contributed by atoms with E-state index in [4.69, 9.17) is 5.73 Å². The molecule has 0 saturated carbocycles. The maximum atomic E-state index is 12.5. The molecule has 0 spiro atoms. The van der Waals surface area contributed by atoms with Crippen molar-refractivity contribution in [3.8, 4) is 0 Å². The number of carbonyl (C=O) groups is 1. The molecule has 1 fully saturated rings. The Hall–Kier alpha value is -1.15. The molecular weight excluding hydrogens is 386 g/mol. The summed E-state index contributed by atoms with van der Waals surface area (Å²) in [5, 5.41) is 0. The highest BCUT2D eigenvalue weighted by atomic mass is 35.5. The minimum atomic E-state index is -3.43. The van der Waals surface area contributed by atoms with Gasteiger partial charge < -0.3 is 10.6 Å². The highest BCUT2D eigenvalue weighted by molar-refractivity contribution is 7.89. The van der Waals surface area contributed by atoms with Gasteiger partial charge in [-0.15, -0.1) is 12.4 Å².